The molecule has 8 nitrogen and oxygen atoms in total. The summed E-state index contributed by atoms with van der Waals surface area (Å²) in [4.78, 5) is 24.6. The number of nitrogens with zero attached hydrogens (tertiary/aromatic N) is 1. The van der Waals surface area contributed by atoms with E-state index in [1.165, 1.54) is 0 Å². The number of aryl methyl sites for hydroxylation is 1. The molecule has 3 N–H and O–H groups in total. The van der Waals surface area contributed by atoms with Crippen molar-refractivity contribution in [1.29, 1.82) is 0 Å². The van der Waals surface area contributed by atoms with Gasteiger partial charge in [-0.2, -0.15) is 0 Å². The summed E-state index contributed by atoms with van der Waals surface area (Å²) < 4.78 is 31.4. The lowest BCUT2D eigenvalue weighted by atomic mass is 9.85. The normalized spacial score (nSPS) is 18.3. The Morgan fingerprint density at radius 2 is 1.57 bits per heavy atom. The van der Waals surface area contributed by atoms with Gasteiger partial charge in [0.1, 0.15) is 0 Å². The maximum atomic E-state index is 13.3. The molecule has 0 bridgehead atoms. The molecule has 208 valence electrons. The molecule has 3 aromatic carbocycles. The molecule has 1 saturated carbocycles. The molecule has 0 saturated heterocycles. The maximum Gasteiger partial charge on any atom is 0.305 e. The van der Waals surface area contributed by atoms with Gasteiger partial charge in [0.2, 0.25) is 15.9 Å². The number of carboxylic acids is 1. The zero-order valence-corrected chi connectivity index (χ0v) is 23.1. The van der Waals surface area contributed by atoms with Crippen molar-refractivity contribution in [1.82, 2.24) is 14.6 Å². The second-order valence-electron chi connectivity index (χ2n) is 10.4. The number of carboxylic acid groups (broad SMARTS) is 1. The number of aromatic nitrogens is 1. The molecule has 1 aliphatic carbocycles. The highest BCUT2D eigenvalue weighted by Crippen LogP contribution is 2.30. The first kappa shape index (κ1) is 27.6. The summed E-state index contributed by atoms with van der Waals surface area (Å²) in [5.74, 6) is -1.48. The van der Waals surface area contributed by atoms with E-state index in [1.54, 1.807) is 24.3 Å². The van der Waals surface area contributed by atoms with Crippen LogP contribution in [0.4, 0.5) is 0 Å². The van der Waals surface area contributed by atoms with E-state index in [9.17, 15) is 23.1 Å². The Morgan fingerprint density at radius 3 is 2.23 bits per heavy atom. The Hall–Kier alpha value is -3.95. The van der Waals surface area contributed by atoms with Crippen LogP contribution in [0.15, 0.2) is 89.8 Å². The molecule has 0 spiro atoms. The van der Waals surface area contributed by atoms with E-state index in [0.29, 0.717) is 25.7 Å². The van der Waals surface area contributed by atoms with Crippen molar-refractivity contribution in [3.05, 3.63) is 90.5 Å². The van der Waals surface area contributed by atoms with Crippen molar-refractivity contribution < 1.29 is 23.1 Å². The fourth-order valence-corrected chi connectivity index (χ4v) is 6.88. The van der Waals surface area contributed by atoms with Crippen LogP contribution in [0.2, 0.25) is 0 Å². The number of benzene rings is 3. The van der Waals surface area contributed by atoms with Crippen molar-refractivity contribution in [2.24, 2.45) is 13.0 Å². The summed E-state index contributed by atoms with van der Waals surface area (Å²) in [7, 11) is -1.78. The van der Waals surface area contributed by atoms with Gasteiger partial charge in [0.05, 0.1) is 17.4 Å². The third-order valence-electron chi connectivity index (χ3n) is 7.71. The Bertz CT molecular complexity index is 1610. The van der Waals surface area contributed by atoms with Crippen molar-refractivity contribution in [3.8, 4) is 11.3 Å². The van der Waals surface area contributed by atoms with Crippen LogP contribution in [0, 0.1) is 5.92 Å². The van der Waals surface area contributed by atoms with Crippen LogP contribution >= 0.6 is 0 Å². The van der Waals surface area contributed by atoms with E-state index in [0.717, 1.165) is 27.7 Å². The Morgan fingerprint density at radius 1 is 0.925 bits per heavy atom. The van der Waals surface area contributed by atoms with Crippen LogP contribution in [0.25, 0.3) is 22.2 Å². The van der Waals surface area contributed by atoms with Crippen LogP contribution in [0.1, 0.15) is 43.7 Å². The minimum atomic E-state index is -3.75. The number of carbonyl (C=O) groups is 2. The number of carbonyl (C=O) groups excluding carboxylic acids is 1. The highest BCUT2D eigenvalue weighted by atomic mass is 32.2. The molecule has 4 aromatic rings. The summed E-state index contributed by atoms with van der Waals surface area (Å²) in [6.45, 7) is 0. The summed E-state index contributed by atoms with van der Waals surface area (Å²) >= 11 is 0. The molecule has 1 heterocycles. The maximum absolute atomic E-state index is 13.3. The predicted octanol–water partition coefficient (Wildman–Crippen LogP) is 5.01. The van der Waals surface area contributed by atoms with E-state index >= 15 is 0 Å². The molecule has 1 fully saturated rings. The highest BCUT2D eigenvalue weighted by molar-refractivity contribution is 7.89. The number of nitrogens with one attached hydrogen (secondary N) is 2. The molecule has 1 amide bonds. The van der Waals surface area contributed by atoms with Gasteiger partial charge in [-0.25, -0.2) is 13.1 Å². The van der Waals surface area contributed by atoms with Crippen LogP contribution in [-0.4, -0.2) is 36.0 Å². The third-order valence-corrected chi connectivity index (χ3v) is 9.23. The fraction of sp³-hybridized carbons (Fsp3) is 0.290. The molecular weight excluding hydrogens is 526 g/mol. The lowest BCUT2D eigenvalue weighted by Gasteiger charge is -2.29. The molecule has 1 aliphatic rings. The van der Waals surface area contributed by atoms with E-state index in [-0.39, 0.29) is 29.2 Å². The van der Waals surface area contributed by atoms with E-state index < -0.39 is 22.0 Å². The van der Waals surface area contributed by atoms with Gasteiger partial charge in [-0.15, -0.1) is 0 Å². The zero-order valence-electron chi connectivity index (χ0n) is 22.3. The van der Waals surface area contributed by atoms with Gasteiger partial charge in [-0.1, -0.05) is 60.7 Å². The quantitative estimate of drug-likeness (QED) is 0.266. The summed E-state index contributed by atoms with van der Waals surface area (Å²) in [6.07, 6.45) is 1.89. The number of hydrogen-bond acceptors (Lipinski definition) is 4. The van der Waals surface area contributed by atoms with E-state index in [2.05, 4.69) is 14.6 Å². The second-order valence-corrected chi connectivity index (χ2v) is 12.1. The topological polar surface area (TPSA) is 118 Å². The van der Waals surface area contributed by atoms with Gasteiger partial charge in [-0.3, -0.25) is 9.59 Å². The number of rotatable bonds is 9. The average molecular weight is 560 g/mol. The minimum absolute atomic E-state index is 0.194. The SMILES string of the molecule is Cn1c(-c2ccccc2)cc2cc(S(=O)(=O)N[C@H]3CC[C@H](C(=O)N[C@H](CC(=O)O)c4ccccc4)CC3)ccc21. The lowest BCUT2D eigenvalue weighted by molar-refractivity contribution is -0.138. The highest BCUT2D eigenvalue weighted by Gasteiger charge is 2.31. The lowest BCUT2D eigenvalue weighted by Crippen LogP contribution is -2.41. The molecule has 40 heavy (non-hydrogen) atoms. The van der Waals surface area contributed by atoms with Crippen LogP contribution in [-0.2, 0) is 26.7 Å². The number of sulfonamides is 1. The number of fused-ring (bicyclic) bond motifs is 1. The average Bonchev–Trinajstić information content (AvgIpc) is 3.29. The van der Waals surface area contributed by atoms with Gasteiger partial charge in [0.15, 0.2) is 0 Å². The Labute approximate surface area is 234 Å². The number of amides is 1. The predicted molar refractivity (Wildman–Crippen MR) is 154 cm³/mol. The van der Waals surface area contributed by atoms with Gasteiger partial charge >= 0.3 is 5.97 Å². The first-order valence-corrected chi connectivity index (χ1v) is 14.9. The first-order valence-electron chi connectivity index (χ1n) is 13.5. The standard InChI is InChI=1S/C31H33N3O5S/c1-34-28-17-16-26(18-24(28)19-29(34)22-10-6-3-7-11-22)40(38,39)33-25-14-12-23(13-15-25)31(37)32-27(20-30(35)36)21-8-4-2-5-9-21/h2-11,16-19,23,25,27,33H,12-15,20H2,1H3,(H,32,37)(H,35,36)/t23-,25-,27-/m1/s1. The van der Waals surface area contributed by atoms with Gasteiger partial charge < -0.3 is 15.0 Å². The second kappa shape index (κ2) is 11.7. The fourth-order valence-electron chi connectivity index (χ4n) is 5.54. The van der Waals surface area contributed by atoms with Crippen LogP contribution in [0.3, 0.4) is 0 Å². The van der Waals surface area contributed by atoms with Crippen molar-refractivity contribution in [2.45, 2.75) is 49.1 Å². The number of hydrogen-bond donors (Lipinski definition) is 3. The smallest absolute Gasteiger partial charge is 0.305 e. The molecule has 0 radical (unpaired) electrons. The molecular formula is C31H33N3O5S. The summed E-state index contributed by atoms with van der Waals surface area (Å²) in [5, 5.41) is 13.1. The van der Waals surface area contributed by atoms with Crippen molar-refractivity contribution >= 4 is 32.8 Å². The molecule has 0 aliphatic heterocycles. The molecule has 5 rings (SSSR count). The van der Waals surface area contributed by atoms with Gasteiger partial charge in [-0.05, 0) is 61.1 Å². The van der Waals surface area contributed by atoms with Gasteiger partial charge in [0, 0.05) is 35.6 Å². The molecule has 1 aromatic heterocycles. The third kappa shape index (κ3) is 6.11. The Balaban J connectivity index is 1.22. The van der Waals surface area contributed by atoms with Gasteiger partial charge in [0.25, 0.3) is 0 Å². The molecule has 0 unspecified atom stereocenters. The zero-order chi connectivity index (χ0) is 28.3. The van der Waals surface area contributed by atoms with E-state index in [1.807, 2.05) is 67.7 Å². The number of aliphatic carboxylic acids is 1. The van der Waals surface area contributed by atoms with E-state index in [4.69, 9.17) is 0 Å². The molecule has 1 atom stereocenters. The monoisotopic (exact) mass is 559 g/mol. The first-order chi connectivity index (χ1) is 19.2. The largest absolute Gasteiger partial charge is 0.481 e. The van der Waals surface area contributed by atoms with Crippen LogP contribution < -0.4 is 10.0 Å². The summed E-state index contributed by atoms with van der Waals surface area (Å²) in [6, 6.07) is 25.3. The van der Waals surface area contributed by atoms with Crippen molar-refractivity contribution in [2.75, 3.05) is 0 Å². The van der Waals surface area contributed by atoms with Crippen molar-refractivity contribution in [3.63, 3.8) is 0 Å². The van der Waals surface area contributed by atoms with Crippen LogP contribution in [0.5, 0.6) is 0 Å². The summed E-state index contributed by atoms with van der Waals surface area (Å²) in [5.41, 5.74) is 3.75. The Kier molecular flexibility index (Phi) is 8.04. The minimum Gasteiger partial charge on any atom is -0.481 e. The molecule has 9 heteroatoms.